The van der Waals surface area contributed by atoms with Crippen LogP contribution < -0.4 is 0 Å². The molecule has 0 aliphatic heterocycles. The Morgan fingerprint density at radius 1 is 1.44 bits per heavy atom. The molecule has 0 fully saturated rings. The third kappa shape index (κ3) is 4.39. The number of terminal acetylenes is 1. The zero-order chi connectivity index (χ0) is 11.3. The predicted octanol–water partition coefficient (Wildman–Crippen LogP) is 2.39. The zero-order valence-electron chi connectivity index (χ0n) is 9.31. The van der Waals surface area contributed by atoms with Crippen LogP contribution in [0.3, 0.4) is 0 Å². The van der Waals surface area contributed by atoms with Crippen molar-refractivity contribution >= 4 is 18.0 Å². The normalized spacial score (nSPS) is 9.31. The standard InChI is InChI=1S/C13H15NO.ClH/c1-4-9-14(3)10-11(2)12-5-7-13(15)8-6-12;/h1,5-8,15H,2,9-10H2,3H3;1H. The molecule has 0 unspecified atom stereocenters. The largest absolute Gasteiger partial charge is 0.508 e. The Labute approximate surface area is 103 Å². The Morgan fingerprint density at radius 2 is 2.00 bits per heavy atom. The van der Waals surface area contributed by atoms with Gasteiger partial charge >= 0.3 is 0 Å². The molecular weight excluding hydrogens is 222 g/mol. The number of phenols is 1. The van der Waals surface area contributed by atoms with E-state index in [0.717, 1.165) is 17.7 Å². The predicted molar refractivity (Wildman–Crippen MR) is 70.7 cm³/mol. The van der Waals surface area contributed by atoms with Gasteiger partial charge in [0.2, 0.25) is 0 Å². The molecule has 86 valence electrons. The van der Waals surface area contributed by atoms with Gasteiger partial charge in [-0.15, -0.1) is 18.8 Å². The van der Waals surface area contributed by atoms with E-state index >= 15 is 0 Å². The highest BCUT2D eigenvalue weighted by molar-refractivity contribution is 5.85. The highest BCUT2D eigenvalue weighted by atomic mass is 35.5. The van der Waals surface area contributed by atoms with Gasteiger partial charge in [0.05, 0.1) is 6.54 Å². The van der Waals surface area contributed by atoms with Gasteiger partial charge < -0.3 is 5.11 Å². The van der Waals surface area contributed by atoms with Crippen LogP contribution in [0.5, 0.6) is 5.75 Å². The highest BCUT2D eigenvalue weighted by Crippen LogP contribution is 2.16. The summed E-state index contributed by atoms with van der Waals surface area (Å²) >= 11 is 0. The summed E-state index contributed by atoms with van der Waals surface area (Å²) in [6, 6.07) is 7.01. The van der Waals surface area contributed by atoms with Gasteiger partial charge in [-0.25, -0.2) is 0 Å². The molecule has 1 rings (SSSR count). The summed E-state index contributed by atoms with van der Waals surface area (Å²) in [5, 5.41) is 9.14. The molecule has 0 bridgehead atoms. The molecule has 0 aliphatic rings. The van der Waals surface area contributed by atoms with E-state index in [1.54, 1.807) is 12.1 Å². The monoisotopic (exact) mass is 237 g/mol. The van der Waals surface area contributed by atoms with Crippen molar-refractivity contribution in [2.45, 2.75) is 0 Å². The first-order valence-corrected chi connectivity index (χ1v) is 4.72. The highest BCUT2D eigenvalue weighted by Gasteiger charge is 2.02. The van der Waals surface area contributed by atoms with Gasteiger partial charge in [0.1, 0.15) is 5.75 Å². The maximum atomic E-state index is 9.14. The molecule has 0 aromatic heterocycles. The number of aromatic hydroxyl groups is 1. The summed E-state index contributed by atoms with van der Waals surface area (Å²) in [7, 11) is 1.95. The second-order valence-corrected chi connectivity index (χ2v) is 3.53. The maximum absolute atomic E-state index is 9.14. The van der Waals surface area contributed by atoms with Crippen LogP contribution in [0.4, 0.5) is 0 Å². The molecule has 2 nitrogen and oxygen atoms in total. The smallest absolute Gasteiger partial charge is 0.115 e. The third-order valence-corrected chi connectivity index (χ3v) is 2.10. The molecule has 0 amide bonds. The van der Waals surface area contributed by atoms with Crippen LogP contribution in [0.2, 0.25) is 0 Å². The van der Waals surface area contributed by atoms with Crippen LogP contribution in [0, 0.1) is 12.3 Å². The van der Waals surface area contributed by atoms with Crippen molar-refractivity contribution in [3.05, 3.63) is 36.4 Å². The van der Waals surface area contributed by atoms with E-state index < -0.39 is 0 Å². The molecule has 0 atom stereocenters. The van der Waals surface area contributed by atoms with Crippen LogP contribution in [-0.4, -0.2) is 30.1 Å². The Hall–Kier alpha value is -1.43. The van der Waals surface area contributed by atoms with Gasteiger partial charge in [-0.3, -0.25) is 4.90 Å². The first-order chi connectivity index (χ1) is 7.13. The molecule has 1 aromatic rings. The lowest BCUT2D eigenvalue weighted by Gasteiger charge is -2.15. The van der Waals surface area contributed by atoms with Crippen LogP contribution in [-0.2, 0) is 0 Å². The quantitative estimate of drug-likeness (QED) is 0.813. The molecular formula is C13H16ClNO. The van der Waals surface area contributed by atoms with Crippen LogP contribution in [0.15, 0.2) is 30.8 Å². The Balaban J connectivity index is 0.00000225. The van der Waals surface area contributed by atoms with Gasteiger partial charge in [-0.2, -0.15) is 0 Å². The van der Waals surface area contributed by atoms with Gasteiger partial charge in [-0.1, -0.05) is 24.6 Å². The van der Waals surface area contributed by atoms with Crippen LogP contribution in [0.1, 0.15) is 5.56 Å². The molecule has 1 N–H and O–H groups in total. The molecule has 16 heavy (non-hydrogen) atoms. The molecule has 0 aliphatic carbocycles. The van der Waals surface area contributed by atoms with E-state index in [-0.39, 0.29) is 18.2 Å². The molecule has 0 saturated heterocycles. The minimum atomic E-state index is 0. The summed E-state index contributed by atoms with van der Waals surface area (Å²) in [6.07, 6.45) is 5.21. The fraction of sp³-hybridized carbons (Fsp3) is 0.231. The fourth-order valence-corrected chi connectivity index (χ4v) is 1.33. The van der Waals surface area contributed by atoms with E-state index in [1.165, 1.54) is 0 Å². The van der Waals surface area contributed by atoms with Crippen LogP contribution >= 0.6 is 12.4 Å². The average molecular weight is 238 g/mol. The molecule has 0 saturated carbocycles. The second kappa shape index (κ2) is 6.95. The first-order valence-electron chi connectivity index (χ1n) is 4.72. The Bertz CT molecular complexity index is 378. The fourth-order valence-electron chi connectivity index (χ4n) is 1.33. The van der Waals surface area contributed by atoms with Gasteiger partial charge in [-0.05, 0) is 30.3 Å². The number of halogens is 1. The number of benzene rings is 1. The summed E-state index contributed by atoms with van der Waals surface area (Å²) in [5.74, 6) is 2.85. The van der Waals surface area contributed by atoms with Crippen molar-refractivity contribution in [3.8, 4) is 18.1 Å². The summed E-state index contributed by atoms with van der Waals surface area (Å²) in [6.45, 7) is 5.32. The van der Waals surface area contributed by atoms with Crippen LogP contribution in [0.25, 0.3) is 5.57 Å². The number of nitrogens with zero attached hydrogens (tertiary/aromatic N) is 1. The van der Waals surface area contributed by atoms with E-state index in [9.17, 15) is 0 Å². The summed E-state index contributed by atoms with van der Waals surface area (Å²) < 4.78 is 0. The molecule has 0 spiro atoms. The second-order valence-electron chi connectivity index (χ2n) is 3.53. The molecule has 1 aromatic carbocycles. The van der Waals surface area contributed by atoms with Gasteiger partial charge in [0.15, 0.2) is 0 Å². The maximum Gasteiger partial charge on any atom is 0.115 e. The molecule has 3 heteroatoms. The topological polar surface area (TPSA) is 23.5 Å². The number of likely N-dealkylation sites (N-methyl/N-ethyl adjacent to an activating group) is 1. The van der Waals surface area contributed by atoms with Crippen molar-refractivity contribution in [1.82, 2.24) is 4.90 Å². The summed E-state index contributed by atoms with van der Waals surface area (Å²) in [5.41, 5.74) is 2.02. The lowest BCUT2D eigenvalue weighted by atomic mass is 10.1. The minimum Gasteiger partial charge on any atom is -0.508 e. The van der Waals surface area contributed by atoms with E-state index in [0.29, 0.717) is 6.54 Å². The van der Waals surface area contributed by atoms with Crippen molar-refractivity contribution in [3.63, 3.8) is 0 Å². The van der Waals surface area contributed by atoms with Crippen molar-refractivity contribution in [2.75, 3.05) is 20.1 Å². The van der Waals surface area contributed by atoms with Crippen molar-refractivity contribution < 1.29 is 5.11 Å². The Kier molecular flexibility index (Phi) is 6.32. The number of hydrogen-bond donors (Lipinski definition) is 1. The van der Waals surface area contributed by atoms with E-state index in [2.05, 4.69) is 12.5 Å². The van der Waals surface area contributed by atoms with Gasteiger partial charge in [0, 0.05) is 6.54 Å². The van der Waals surface area contributed by atoms with Crippen molar-refractivity contribution in [1.29, 1.82) is 0 Å². The number of phenolic OH excluding ortho intramolecular Hbond substituents is 1. The zero-order valence-corrected chi connectivity index (χ0v) is 10.1. The van der Waals surface area contributed by atoms with E-state index in [1.807, 2.05) is 24.1 Å². The third-order valence-electron chi connectivity index (χ3n) is 2.10. The first kappa shape index (κ1) is 14.6. The average Bonchev–Trinajstić information content (AvgIpc) is 2.18. The SMILES string of the molecule is C#CCN(C)CC(=C)c1ccc(O)cc1.Cl. The number of rotatable bonds is 4. The Morgan fingerprint density at radius 3 is 2.50 bits per heavy atom. The lowest BCUT2D eigenvalue weighted by Crippen LogP contribution is -2.20. The van der Waals surface area contributed by atoms with Crippen molar-refractivity contribution in [2.24, 2.45) is 0 Å². The number of hydrogen-bond acceptors (Lipinski definition) is 2. The van der Waals surface area contributed by atoms with E-state index in [4.69, 9.17) is 11.5 Å². The molecule has 0 heterocycles. The lowest BCUT2D eigenvalue weighted by molar-refractivity contribution is 0.425. The van der Waals surface area contributed by atoms with Gasteiger partial charge in [0.25, 0.3) is 0 Å². The molecule has 0 radical (unpaired) electrons. The summed E-state index contributed by atoms with van der Waals surface area (Å²) in [4.78, 5) is 2.01. The minimum absolute atomic E-state index is 0.